The molecule has 21 heavy (non-hydrogen) atoms. The van der Waals surface area contributed by atoms with Crippen LogP contribution < -0.4 is 10.5 Å². The first-order chi connectivity index (χ1) is 9.87. The van der Waals surface area contributed by atoms with Gasteiger partial charge < -0.3 is 15.4 Å². The Morgan fingerprint density at radius 2 is 2.00 bits per heavy atom. The van der Waals surface area contributed by atoms with Gasteiger partial charge in [-0.3, -0.25) is 4.79 Å². The summed E-state index contributed by atoms with van der Waals surface area (Å²) in [5.41, 5.74) is 6.22. The summed E-state index contributed by atoms with van der Waals surface area (Å²) in [6.45, 7) is 0.279. The third kappa shape index (κ3) is 6.03. The number of nitrogens with two attached hydrogens (primary N) is 1. The summed E-state index contributed by atoms with van der Waals surface area (Å²) in [5.74, 6) is -0.280. The van der Waals surface area contributed by atoms with Crippen LogP contribution in [-0.2, 0) is 11.3 Å². The van der Waals surface area contributed by atoms with Gasteiger partial charge in [-0.25, -0.2) is 0 Å². The van der Waals surface area contributed by atoms with Gasteiger partial charge in [-0.2, -0.15) is 13.2 Å². The van der Waals surface area contributed by atoms with Crippen molar-refractivity contribution in [2.45, 2.75) is 26.1 Å². The van der Waals surface area contributed by atoms with E-state index in [0.29, 0.717) is 17.7 Å². The first-order valence-electron chi connectivity index (χ1n) is 6.62. The van der Waals surface area contributed by atoms with Crippen molar-refractivity contribution in [1.29, 1.82) is 0 Å². The van der Waals surface area contributed by atoms with Gasteiger partial charge in [0.2, 0.25) is 0 Å². The standard InChI is InChI=1S/C14H19F3N2O2/c1-2-7-19(10-14(15,16)17)13(20)9-21-12-6-4-3-5-11(12)8-18/h3-6H,2,7-10,18H2,1H3. The highest BCUT2D eigenvalue weighted by Crippen LogP contribution is 2.19. The smallest absolute Gasteiger partial charge is 0.406 e. The second-order valence-electron chi connectivity index (χ2n) is 4.53. The molecule has 1 amide bonds. The molecule has 0 saturated carbocycles. The van der Waals surface area contributed by atoms with Gasteiger partial charge in [0.15, 0.2) is 6.61 Å². The number of hydrogen-bond acceptors (Lipinski definition) is 3. The number of nitrogens with zero attached hydrogens (tertiary/aromatic N) is 1. The van der Waals surface area contributed by atoms with Crippen molar-refractivity contribution in [1.82, 2.24) is 4.90 Å². The lowest BCUT2D eigenvalue weighted by molar-refractivity contribution is -0.162. The van der Waals surface area contributed by atoms with Gasteiger partial charge in [0, 0.05) is 18.7 Å². The lowest BCUT2D eigenvalue weighted by Gasteiger charge is -2.23. The van der Waals surface area contributed by atoms with E-state index in [4.69, 9.17) is 10.5 Å². The highest BCUT2D eigenvalue weighted by molar-refractivity contribution is 5.77. The quantitative estimate of drug-likeness (QED) is 0.841. The van der Waals surface area contributed by atoms with Crippen LogP contribution in [-0.4, -0.2) is 36.7 Å². The van der Waals surface area contributed by atoms with Crippen molar-refractivity contribution in [3.8, 4) is 5.75 Å². The summed E-state index contributed by atoms with van der Waals surface area (Å²) in [7, 11) is 0. The Morgan fingerprint density at radius 1 is 1.33 bits per heavy atom. The van der Waals surface area contributed by atoms with Crippen LogP contribution in [0.15, 0.2) is 24.3 Å². The zero-order chi connectivity index (χ0) is 15.9. The van der Waals surface area contributed by atoms with Crippen molar-refractivity contribution >= 4 is 5.91 Å². The molecule has 0 heterocycles. The Balaban J connectivity index is 2.65. The minimum absolute atomic E-state index is 0.0419. The lowest BCUT2D eigenvalue weighted by atomic mass is 10.2. The highest BCUT2D eigenvalue weighted by atomic mass is 19.4. The Labute approximate surface area is 121 Å². The van der Waals surface area contributed by atoms with Crippen LogP contribution in [0, 0.1) is 0 Å². The third-order valence-corrected chi connectivity index (χ3v) is 2.76. The van der Waals surface area contributed by atoms with E-state index in [-0.39, 0.29) is 13.1 Å². The molecule has 1 aromatic rings. The normalized spacial score (nSPS) is 11.3. The van der Waals surface area contributed by atoms with Gasteiger partial charge in [-0.05, 0) is 12.5 Å². The Hall–Kier alpha value is -1.76. The van der Waals surface area contributed by atoms with Gasteiger partial charge in [0.05, 0.1) is 0 Å². The minimum atomic E-state index is -4.42. The van der Waals surface area contributed by atoms with Crippen molar-refractivity contribution in [3.05, 3.63) is 29.8 Å². The molecule has 7 heteroatoms. The van der Waals surface area contributed by atoms with E-state index in [9.17, 15) is 18.0 Å². The fourth-order valence-electron chi connectivity index (χ4n) is 1.82. The molecule has 1 aromatic carbocycles. The molecule has 0 aliphatic heterocycles. The maximum atomic E-state index is 12.4. The topological polar surface area (TPSA) is 55.6 Å². The first-order valence-corrected chi connectivity index (χ1v) is 6.62. The highest BCUT2D eigenvalue weighted by Gasteiger charge is 2.32. The van der Waals surface area contributed by atoms with Crippen LogP contribution in [0.4, 0.5) is 13.2 Å². The second kappa shape index (κ2) is 7.87. The molecular formula is C14H19F3N2O2. The van der Waals surface area contributed by atoms with Crippen LogP contribution in [0.5, 0.6) is 5.75 Å². The molecule has 0 bridgehead atoms. The molecule has 0 saturated heterocycles. The van der Waals surface area contributed by atoms with Crippen LogP contribution in [0.1, 0.15) is 18.9 Å². The summed E-state index contributed by atoms with van der Waals surface area (Å²) in [6.07, 6.45) is -3.97. The molecule has 0 spiro atoms. The maximum absolute atomic E-state index is 12.4. The van der Waals surface area contributed by atoms with Gasteiger partial charge in [-0.1, -0.05) is 25.1 Å². The molecule has 118 valence electrons. The molecule has 0 aliphatic carbocycles. The number of carbonyl (C=O) groups excluding carboxylic acids is 1. The maximum Gasteiger partial charge on any atom is 0.406 e. The minimum Gasteiger partial charge on any atom is -0.483 e. The lowest BCUT2D eigenvalue weighted by Crippen LogP contribution is -2.41. The number of carbonyl (C=O) groups is 1. The number of rotatable bonds is 7. The largest absolute Gasteiger partial charge is 0.483 e. The average Bonchev–Trinajstić information content (AvgIpc) is 2.43. The summed E-state index contributed by atoms with van der Waals surface area (Å²) in [6, 6.07) is 6.84. The van der Waals surface area contributed by atoms with E-state index >= 15 is 0 Å². The van der Waals surface area contributed by atoms with Gasteiger partial charge >= 0.3 is 6.18 Å². The van der Waals surface area contributed by atoms with Crippen LogP contribution >= 0.6 is 0 Å². The van der Waals surface area contributed by atoms with Gasteiger partial charge in [-0.15, -0.1) is 0 Å². The molecule has 0 aliphatic rings. The molecule has 0 unspecified atom stereocenters. The molecule has 4 nitrogen and oxygen atoms in total. The number of alkyl halides is 3. The number of benzene rings is 1. The molecule has 0 radical (unpaired) electrons. The zero-order valence-corrected chi connectivity index (χ0v) is 11.8. The number of amides is 1. The number of para-hydroxylation sites is 1. The number of ether oxygens (including phenoxy) is 1. The molecule has 1 rings (SSSR count). The third-order valence-electron chi connectivity index (χ3n) is 2.76. The Morgan fingerprint density at radius 3 is 2.57 bits per heavy atom. The van der Waals surface area contributed by atoms with Crippen LogP contribution in [0.3, 0.4) is 0 Å². The fourth-order valence-corrected chi connectivity index (χ4v) is 1.82. The summed E-state index contributed by atoms with van der Waals surface area (Å²) < 4.78 is 42.6. The van der Waals surface area contributed by atoms with E-state index in [1.54, 1.807) is 31.2 Å². The predicted octanol–water partition coefficient (Wildman–Crippen LogP) is 2.33. The van der Waals surface area contributed by atoms with Gasteiger partial charge in [0.25, 0.3) is 5.91 Å². The average molecular weight is 304 g/mol. The van der Waals surface area contributed by atoms with Crippen molar-refractivity contribution in [3.63, 3.8) is 0 Å². The van der Waals surface area contributed by atoms with Gasteiger partial charge in [0.1, 0.15) is 12.3 Å². The van der Waals surface area contributed by atoms with E-state index in [1.807, 2.05) is 0 Å². The molecule has 2 N–H and O–H groups in total. The SMILES string of the molecule is CCCN(CC(F)(F)F)C(=O)COc1ccccc1CN. The van der Waals surface area contributed by atoms with E-state index < -0.39 is 25.2 Å². The zero-order valence-electron chi connectivity index (χ0n) is 11.8. The molecule has 0 aromatic heterocycles. The Kier molecular flexibility index (Phi) is 6.48. The van der Waals surface area contributed by atoms with Crippen molar-refractivity contribution in [2.75, 3.05) is 19.7 Å². The summed E-state index contributed by atoms with van der Waals surface area (Å²) in [5, 5.41) is 0. The van der Waals surface area contributed by atoms with Crippen LogP contribution in [0.2, 0.25) is 0 Å². The molecular weight excluding hydrogens is 285 g/mol. The fraction of sp³-hybridized carbons (Fsp3) is 0.500. The van der Waals surface area contributed by atoms with E-state index in [0.717, 1.165) is 4.90 Å². The molecule has 0 fully saturated rings. The molecule has 0 atom stereocenters. The van der Waals surface area contributed by atoms with Crippen molar-refractivity contribution in [2.24, 2.45) is 5.73 Å². The van der Waals surface area contributed by atoms with E-state index in [1.165, 1.54) is 0 Å². The number of hydrogen-bond donors (Lipinski definition) is 1. The second-order valence-corrected chi connectivity index (χ2v) is 4.53. The number of halogens is 3. The Bertz CT molecular complexity index is 464. The van der Waals surface area contributed by atoms with Crippen LogP contribution in [0.25, 0.3) is 0 Å². The van der Waals surface area contributed by atoms with Crippen molar-refractivity contribution < 1.29 is 22.7 Å². The first kappa shape index (κ1) is 17.3. The summed E-state index contributed by atoms with van der Waals surface area (Å²) in [4.78, 5) is 12.6. The summed E-state index contributed by atoms with van der Waals surface area (Å²) >= 11 is 0. The monoisotopic (exact) mass is 304 g/mol. The predicted molar refractivity (Wildman–Crippen MR) is 72.8 cm³/mol. The van der Waals surface area contributed by atoms with E-state index in [2.05, 4.69) is 0 Å².